The summed E-state index contributed by atoms with van der Waals surface area (Å²) in [5, 5.41) is 0. The lowest BCUT2D eigenvalue weighted by atomic mass is 10.0. The monoisotopic (exact) mass is 939 g/mol. The lowest BCUT2D eigenvalue weighted by Gasteiger charge is -2.18. The van der Waals surface area contributed by atoms with Crippen LogP contribution in [0.15, 0.2) is 48.6 Å². The summed E-state index contributed by atoms with van der Waals surface area (Å²) in [6, 6.07) is 0. The summed E-state index contributed by atoms with van der Waals surface area (Å²) < 4.78 is 16.8. The Hall–Kier alpha value is -2.63. The lowest BCUT2D eigenvalue weighted by molar-refractivity contribution is -0.167. The Bertz CT molecular complexity index is 1170. The highest BCUT2D eigenvalue weighted by molar-refractivity contribution is 5.71. The van der Waals surface area contributed by atoms with Gasteiger partial charge in [-0.1, -0.05) is 256 Å². The van der Waals surface area contributed by atoms with Gasteiger partial charge >= 0.3 is 17.9 Å². The Kier molecular flexibility index (Phi) is 53.8. The first-order valence-corrected chi connectivity index (χ1v) is 29.1. The number of carbonyl (C=O) groups excluding carboxylic acids is 3. The number of allylic oxidation sites excluding steroid dienone is 8. The minimum atomic E-state index is -0.772. The van der Waals surface area contributed by atoms with E-state index in [4.69, 9.17) is 14.2 Å². The maximum Gasteiger partial charge on any atom is 0.306 e. The SMILES string of the molecule is CCCC/C=C\CCCCCCCC(=O)OC(COC(=O)CCCCCCCCCCC)COC(=O)CCCCCCCCCCCCCCCC/C=C\C/C=C\C/C=C\CCCCCCC. The maximum atomic E-state index is 12.8. The standard InChI is InChI=1S/C61H110O6/c1-4-7-10-13-16-19-21-22-23-24-25-26-27-28-29-30-31-32-33-34-35-36-37-38-40-42-45-48-51-54-60(63)66-57-58(56-65-59(62)53-50-47-44-41-18-15-12-9-6-3)67-61(64)55-52-49-46-43-39-20-17-14-11-8-5-2/h14,17,21-22,24-25,27-28,58H,4-13,15-16,18-20,23,26,29-57H2,1-3H3/b17-14-,22-21-,25-24-,28-27-. The van der Waals surface area contributed by atoms with E-state index in [0.717, 1.165) is 83.5 Å². The molecule has 0 bridgehead atoms. The quantitative estimate of drug-likeness (QED) is 0.0262. The molecule has 0 radical (unpaired) electrons. The van der Waals surface area contributed by atoms with Crippen molar-refractivity contribution >= 4 is 17.9 Å². The number of ether oxygens (including phenoxy) is 3. The van der Waals surface area contributed by atoms with Gasteiger partial charge in [0.2, 0.25) is 0 Å². The van der Waals surface area contributed by atoms with Gasteiger partial charge in [-0.2, -0.15) is 0 Å². The molecule has 1 unspecified atom stereocenters. The zero-order valence-corrected chi connectivity index (χ0v) is 44.7. The number of rotatable bonds is 53. The molecule has 0 rings (SSSR count). The van der Waals surface area contributed by atoms with Crippen LogP contribution < -0.4 is 0 Å². The fourth-order valence-corrected chi connectivity index (χ4v) is 8.37. The van der Waals surface area contributed by atoms with E-state index in [1.807, 2.05) is 0 Å². The molecule has 67 heavy (non-hydrogen) atoms. The molecule has 6 nitrogen and oxygen atoms in total. The second kappa shape index (κ2) is 56.0. The van der Waals surface area contributed by atoms with Crippen molar-refractivity contribution in [2.24, 2.45) is 0 Å². The minimum absolute atomic E-state index is 0.0735. The molecular formula is C61H110O6. The molecular weight excluding hydrogens is 829 g/mol. The lowest BCUT2D eigenvalue weighted by Crippen LogP contribution is -2.30. The smallest absolute Gasteiger partial charge is 0.306 e. The van der Waals surface area contributed by atoms with Crippen LogP contribution in [0.1, 0.15) is 303 Å². The van der Waals surface area contributed by atoms with E-state index in [9.17, 15) is 14.4 Å². The number of carbonyl (C=O) groups is 3. The van der Waals surface area contributed by atoms with Gasteiger partial charge in [0.15, 0.2) is 6.10 Å². The molecule has 0 aromatic carbocycles. The maximum absolute atomic E-state index is 12.8. The van der Waals surface area contributed by atoms with Crippen molar-refractivity contribution in [3.8, 4) is 0 Å². The molecule has 0 N–H and O–H groups in total. The number of hydrogen-bond acceptors (Lipinski definition) is 6. The van der Waals surface area contributed by atoms with E-state index in [1.54, 1.807) is 0 Å². The highest BCUT2D eigenvalue weighted by Crippen LogP contribution is 2.16. The highest BCUT2D eigenvalue weighted by atomic mass is 16.6. The molecule has 0 aromatic heterocycles. The van der Waals surface area contributed by atoms with Crippen molar-refractivity contribution in [2.75, 3.05) is 13.2 Å². The Labute approximate surface area is 416 Å². The Morgan fingerprint density at radius 1 is 0.299 bits per heavy atom. The fraction of sp³-hybridized carbons (Fsp3) is 0.820. The van der Waals surface area contributed by atoms with E-state index < -0.39 is 6.10 Å². The van der Waals surface area contributed by atoms with Crippen LogP contribution in [-0.2, 0) is 28.6 Å². The van der Waals surface area contributed by atoms with Gasteiger partial charge in [0.05, 0.1) is 0 Å². The molecule has 0 heterocycles. The summed E-state index contributed by atoms with van der Waals surface area (Å²) >= 11 is 0. The van der Waals surface area contributed by atoms with Gasteiger partial charge in [0, 0.05) is 19.3 Å². The Morgan fingerprint density at radius 3 is 0.896 bits per heavy atom. The predicted octanol–water partition coefficient (Wildman–Crippen LogP) is 19.4. The van der Waals surface area contributed by atoms with Crippen LogP contribution in [0.2, 0.25) is 0 Å². The summed E-state index contributed by atoms with van der Waals surface area (Å²) in [6.07, 6.45) is 68.4. The minimum Gasteiger partial charge on any atom is -0.462 e. The van der Waals surface area contributed by atoms with Crippen LogP contribution in [0.25, 0.3) is 0 Å². The molecule has 6 heteroatoms. The van der Waals surface area contributed by atoms with Gasteiger partial charge in [-0.05, 0) is 77.0 Å². The van der Waals surface area contributed by atoms with Gasteiger partial charge < -0.3 is 14.2 Å². The van der Waals surface area contributed by atoms with Crippen LogP contribution in [-0.4, -0.2) is 37.2 Å². The summed E-state index contributed by atoms with van der Waals surface area (Å²) in [7, 11) is 0. The molecule has 0 saturated carbocycles. The van der Waals surface area contributed by atoms with Gasteiger partial charge in [0.25, 0.3) is 0 Å². The van der Waals surface area contributed by atoms with Crippen molar-refractivity contribution in [2.45, 2.75) is 309 Å². The zero-order valence-electron chi connectivity index (χ0n) is 44.7. The van der Waals surface area contributed by atoms with E-state index in [-0.39, 0.29) is 31.1 Å². The Morgan fingerprint density at radius 2 is 0.552 bits per heavy atom. The van der Waals surface area contributed by atoms with Crippen LogP contribution in [0.3, 0.4) is 0 Å². The second-order valence-electron chi connectivity index (χ2n) is 19.6. The molecule has 0 amide bonds. The van der Waals surface area contributed by atoms with Crippen LogP contribution >= 0.6 is 0 Å². The third-order valence-corrected chi connectivity index (χ3v) is 12.8. The third kappa shape index (κ3) is 54.2. The first kappa shape index (κ1) is 64.4. The summed E-state index contributed by atoms with van der Waals surface area (Å²) in [5.41, 5.74) is 0. The van der Waals surface area contributed by atoms with Crippen molar-refractivity contribution in [3.05, 3.63) is 48.6 Å². The zero-order chi connectivity index (χ0) is 48.6. The molecule has 0 aromatic rings. The van der Waals surface area contributed by atoms with Crippen molar-refractivity contribution in [1.82, 2.24) is 0 Å². The predicted molar refractivity (Wildman–Crippen MR) is 289 cm³/mol. The third-order valence-electron chi connectivity index (χ3n) is 12.8. The van der Waals surface area contributed by atoms with E-state index in [2.05, 4.69) is 69.4 Å². The summed E-state index contributed by atoms with van der Waals surface area (Å²) in [6.45, 7) is 6.58. The molecule has 1 atom stereocenters. The summed E-state index contributed by atoms with van der Waals surface area (Å²) in [4.78, 5) is 37.9. The Balaban J connectivity index is 4.07. The van der Waals surface area contributed by atoms with Gasteiger partial charge in [-0.3, -0.25) is 14.4 Å². The number of unbranched alkanes of at least 4 members (excludes halogenated alkanes) is 34. The van der Waals surface area contributed by atoms with Crippen molar-refractivity contribution in [3.63, 3.8) is 0 Å². The highest BCUT2D eigenvalue weighted by Gasteiger charge is 2.19. The summed E-state index contributed by atoms with van der Waals surface area (Å²) in [5.74, 6) is -0.877. The van der Waals surface area contributed by atoms with E-state index in [0.29, 0.717) is 19.3 Å². The molecule has 0 aliphatic heterocycles. The first-order valence-electron chi connectivity index (χ1n) is 29.1. The molecule has 0 saturated heterocycles. The van der Waals surface area contributed by atoms with Crippen LogP contribution in [0.4, 0.5) is 0 Å². The molecule has 390 valence electrons. The van der Waals surface area contributed by atoms with Gasteiger partial charge in [-0.15, -0.1) is 0 Å². The first-order chi connectivity index (χ1) is 33.0. The number of esters is 3. The second-order valence-corrected chi connectivity index (χ2v) is 19.6. The van der Waals surface area contributed by atoms with Crippen molar-refractivity contribution in [1.29, 1.82) is 0 Å². The van der Waals surface area contributed by atoms with Crippen molar-refractivity contribution < 1.29 is 28.6 Å². The van der Waals surface area contributed by atoms with E-state index >= 15 is 0 Å². The van der Waals surface area contributed by atoms with Crippen LogP contribution in [0.5, 0.6) is 0 Å². The van der Waals surface area contributed by atoms with Gasteiger partial charge in [-0.25, -0.2) is 0 Å². The topological polar surface area (TPSA) is 78.9 Å². The van der Waals surface area contributed by atoms with Gasteiger partial charge in [0.1, 0.15) is 13.2 Å². The fourth-order valence-electron chi connectivity index (χ4n) is 8.37. The van der Waals surface area contributed by atoms with E-state index in [1.165, 1.54) is 180 Å². The largest absolute Gasteiger partial charge is 0.462 e. The molecule has 0 aliphatic rings. The normalized spacial score (nSPS) is 12.3. The average molecular weight is 940 g/mol. The molecule has 0 aliphatic carbocycles. The molecule has 0 fully saturated rings. The number of hydrogen-bond donors (Lipinski definition) is 0. The molecule has 0 spiro atoms. The average Bonchev–Trinajstić information content (AvgIpc) is 3.33. The van der Waals surface area contributed by atoms with Crippen LogP contribution in [0, 0.1) is 0 Å².